The summed E-state index contributed by atoms with van der Waals surface area (Å²) in [6.07, 6.45) is 3.44. The van der Waals surface area contributed by atoms with Gasteiger partial charge >= 0.3 is 6.03 Å². The van der Waals surface area contributed by atoms with Crippen molar-refractivity contribution < 1.29 is 14.6 Å². The molecule has 0 saturated heterocycles. The summed E-state index contributed by atoms with van der Waals surface area (Å²) in [6, 6.07) is 5.34. The predicted octanol–water partition coefficient (Wildman–Crippen LogP) is 2.82. The van der Waals surface area contributed by atoms with Crippen LogP contribution in [0.4, 0.5) is 10.5 Å². The Morgan fingerprint density at radius 2 is 2.19 bits per heavy atom. The molecule has 116 valence electrons. The maximum atomic E-state index is 11.9. The van der Waals surface area contributed by atoms with Crippen molar-refractivity contribution >= 4 is 11.7 Å². The molecule has 1 saturated carbocycles. The number of hydrogen-bond donors (Lipinski definition) is 3. The Bertz CT molecular complexity index is 498. The lowest BCUT2D eigenvalue weighted by atomic mass is 9.80. The minimum Gasteiger partial charge on any atom is -0.491 e. The van der Waals surface area contributed by atoms with E-state index in [9.17, 15) is 9.90 Å². The predicted molar refractivity (Wildman–Crippen MR) is 82.8 cm³/mol. The molecule has 0 spiro atoms. The van der Waals surface area contributed by atoms with Crippen molar-refractivity contribution in [3.63, 3.8) is 0 Å². The average molecular weight is 292 g/mol. The van der Waals surface area contributed by atoms with E-state index in [-0.39, 0.29) is 12.6 Å². The van der Waals surface area contributed by atoms with Crippen LogP contribution < -0.4 is 15.4 Å². The van der Waals surface area contributed by atoms with Gasteiger partial charge in [0.2, 0.25) is 0 Å². The van der Waals surface area contributed by atoms with Crippen molar-refractivity contribution in [2.24, 2.45) is 0 Å². The third kappa shape index (κ3) is 4.36. The van der Waals surface area contributed by atoms with Crippen LogP contribution in [0.1, 0.15) is 38.2 Å². The maximum Gasteiger partial charge on any atom is 0.319 e. The number of nitrogens with one attached hydrogen (secondary N) is 2. The molecular formula is C16H24N2O3. The second kappa shape index (κ2) is 6.80. The van der Waals surface area contributed by atoms with Crippen LogP contribution in [-0.4, -0.2) is 29.9 Å². The Morgan fingerprint density at radius 3 is 2.81 bits per heavy atom. The molecule has 1 aliphatic carbocycles. The molecule has 3 N–H and O–H groups in total. The van der Waals surface area contributed by atoms with Gasteiger partial charge in [0.15, 0.2) is 0 Å². The highest BCUT2D eigenvalue weighted by molar-refractivity contribution is 5.91. The van der Waals surface area contributed by atoms with Gasteiger partial charge < -0.3 is 20.5 Å². The fourth-order valence-corrected chi connectivity index (χ4v) is 2.24. The third-order valence-electron chi connectivity index (χ3n) is 3.71. The van der Waals surface area contributed by atoms with E-state index in [1.165, 1.54) is 0 Å². The fourth-order valence-electron chi connectivity index (χ4n) is 2.24. The lowest BCUT2D eigenvalue weighted by Gasteiger charge is -2.36. The van der Waals surface area contributed by atoms with E-state index < -0.39 is 5.60 Å². The van der Waals surface area contributed by atoms with Crippen LogP contribution in [0.2, 0.25) is 0 Å². The molecule has 5 heteroatoms. The molecule has 0 heterocycles. The lowest BCUT2D eigenvalue weighted by molar-refractivity contribution is -0.0287. The minimum atomic E-state index is -0.716. The van der Waals surface area contributed by atoms with E-state index in [1.807, 2.05) is 32.0 Å². The minimum absolute atomic E-state index is 0.288. The monoisotopic (exact) mass is 292 g/mol. The molecule has 0 radical (unpaired) electrons. The van der Waals surface area contributed by atoms with Gasteiger partial charge in [-0.1, -0.05) is 13.0 Å². The normalized spacial score (nSPS) is 16.0. The summed E-state index contributed by atoms with van der Waals surface area (Å²) in [5, 5.41) is 15.5. The smallest absolute Gasteiger partial charge is 0.319 e. The third-order valence-corrected chi connectivity index (χ3v) is 3.71. The molecule has 0 aliphatic heterocycles. The van der Waals surface area contributed by atoms with Crippen LogP contribution in [0, 0.1) is 6.92 Å². The van der Waals surface area contributed by atoms with Gasteiger partial charge in [-0.15, -0.1) is 0 Å². The number of amides is 2. The standard InChI is InChI=1S/C16H24N2O3/c1-3-9-21-14-10-12(2)5-6-13(14)18-15(19)17-11-16(20)7-4-8-16/h5-6,10,20H,3-4,7-9,11H2,1-2H3,(H2,17,18,19). The number of carbonyl (C=O) groups is 1. The molecule has 21 heavy (non-hydrogen) atoms. The van der Waals surface area contributed by atoms with Crippen molar-refractivity contribution in [1.82, 2.24) is 5.32 Å². The first-order valence-corrected chi connectivity index (χ1v) is 7.53. The Morgan fingerprint density at radius 1 is 1.43 bits per heavy atom. The quantitative estimate of drug-likeness (QED) is 0.755. The summed E-state index contributed by atoms with van der Waals surface area (Å²) in [5.41, 5.74) is 1.01. The molecule has 1 aromatic carbocycles. The molecule has 1 aromatic rings. The van der Waals surface area contributed by atoms with Gasteiger partial charge in [-0.25, -0.2) is 4.79 Å². The summed E-state index contributed by atoms with van der Waals surface area (Å²) in [4.78, 5) is 11.9. The number of carbonyl (C=O) groups excluding carboxylic acids is 1. The largest absolute Gasteiger partial charge is 0.491 e. The fraction of sp³-hybridized carbons (Fsp3) is 0.562. The molecule has 0 unspecified atom stereocenters. The maximum absolute atomic E-state index is 11.9. The zero-order valence-electron chi connectivity index (χ0n) is 12.7. The first-order chi connectivity index (χ1) is 10.0. The molecule has 1 fully saturated rings. The zero-order chi connectivity index (χ0) is 15.3. The van der Waals surface area contributed by atoms with Crippen molar-refractivity contribution in [3.8, 4) is 5.75 Å². The molecule has 5 nitrogen and oxygen atoms in total. The second-order valence-electron chi connectivity index (χ2n) is 5.73. The summed E-state index contributed by atoms with van der Waals surface area (Å²) >= 11 is 0. The highest BCUT2D eigenvalue weighted by Crippen LogP contribution is 2.30. The highest BCUT2D eigenvalue weighted by atomic mass is 16.5. The van der Waals surface area contributed by atoms with Gasteiger partial charge in [0, 0.05) is 6.54 Å². The molecular weight excluding hydrogens is 268 g/mol. The molecule has 0 atom stereocenters. The number of aliphatic hydroxyl groups is 1. The summed E-state index contributed by atoms with van der Waals surface area (Å²) in [6.45, 7) is 4.92. The molecule has 0 bridgehead atoms. The number of rotatable bonds is 6. The highest BCUT2D eigenvalue weighted by Gasteiger charge is 2.34. The van der Waals surface area contributed by atoms with E-state index in [4.69, 9.17) is 4.74 Å². The van der Waals surface area contributed by atoms with Crippen LogP contribution in [-0.2, 0) is 0 Å². The lowest BCUT2D eigenvalue weighted by Crippen LogP contribution is -2.48. The van der Waals surface area contributed by atoms with E-state index in [2.05, 4.69) is 10.6 Å². The van der Waals surface area contributed by atoms with Gasteiger partial charge in [-0.05, 0) is 50.3 Å². The number of hydrogen-bond acceptors (Lipinski definition) is 3. The Balaban J connectivity index is 1.92. The first-order valence-electron chi connectivity index (χ1n) is 7.53. The van der Waals surface area contributed by atoms with Gasteiger partial charge in [0.25, 0.3) is 0 Å². The summed E-state index contributed by atoms with van der Waals surface area (Å²) in [7, 11) is 0. The second-order valence-corrected chi connectivity index (χ2v) is 5.73. The number of anilines is 1. The van der Waals surface area contributed by atoms with Gasteiger partial charge in [0.05, 0.1) is 17.9 Å². The van der Waals surface area contributed by atoms with Gasteiger partial charge in [0.1, 0.15) is 5.75 Å². The van der Waals surface area contributed by atoms with Gasteiger partial charge in [-0.3, -0.25) is 0 Å². The Hall–Kier alpha value is -1.75. The number of urea groups is 1. The number of benzene rings is 1. The van der Waals surface area contributed by atoms with E-state index in [0.29, 0.717) is 18.0 Å². The number of aryl methyl sites for hydroxylation is 1. The van der Waals surface area contributed by atoms with Crippen LogP contribution in [0.5, 0.6) is 5.75 Å². The molecule has 2 rings (SSSR count). The van der Waals surface area contributed by atoms with Crippen LogP contribution in [0.15, 0.2) is 18.2 Å². The van der Waals surface area contributed by atoms with Crippen LogP contribution >= 0.6 is 0 Å². The van der Waals surface area contributed by atoms with Crippen molar-refractivity contribution in [2.75, 3.05) is 18.5 Å². The number of ether oxygens (including phenoxy) is 1. The van der Waals surface area contributed by atoms with Crippen molar-refractivity contribution in [3.05, 3.63) is 23.8 Å². The van der Waals surface area contributed by atoms with E-state index in [1.54, 1.807) is 0 Å². The van der Waals surface area contributed by atoms with Crippen molar-refractivity contribution in [2.45, 2.75) is 45.1 Å². The van der Waals surface area contributed by atoms with Gasteiger partial charge in [-0.2, -0.15) is 0 Å². The van der Waals surface area contributed by atoms with Crippen LogP contribution in [0.25, 0.3) is 0 Å². The zero-order valence-corrected chi connectivity index (χ0v) is 12.7. The Kier molecular flexibility index (Phi) is 5.07. The summed E-state index contributed by atoms with van der Waals surface area (Å²) < 4.78 is 5.65. The molecule has 1 aliphatic rings. The molecule has 0 aromatic heterocycles. The topological polar surface area (TPSA) is 70.6 Å². The first kappa shape index (κ1) is 15.6. The summed E-state index contributed by atoms with van der Waals surface area (Å²) in [5.74, 6) is 0.675. The SMILES string of the molecule is CCCOc1cc(C)ccc1NC(=O)NCC1(O)CCC1. The van der Waals surface area contributed by atoms with Crippen LogP contribution in [0.3, 0.4) is 0 Å². The molecule has 2 amide bonds. The Labute approximate surface area is 125 Å². The van der Waals surface area contributed by atoms with E-state index >= 15 is 0 Å². The average Bonchev–Trinajstić information content (AvgIpc) is 2.43. The van der Waals surface area contributed by atoms with E-state index in [0.717, 1.165) is 31.2 Å². The van der Waals surface area contributed by atoms with Crippen molar-refractivity contribution in [1.29, 1.82) is 0 Å².